The molecular weight excluding hydrogens is 318 g/mol. The molecule has 6 nitrogen and oxygen atoms in total. The van der Waals surface area contributed by atoms with Gasteiger partial charge in [-0.2, -0.15) is 0 Å². The molecule has 9 heteroatoms. The van der Waals surface area contributed by atoms with E-state index in [4.69, 9.17) is 0 Å². The molecule has 0 radical (unpaired) electrons. The van der Waals surface area contributed by atoms with E-state index in [-0.39, 0.29) is 9.08 Å². The van der Waals surface area contributed by atoms with Gasteiger partial charge in [0.05, 0.1) is 5.69 Å². The maximum absolute atomic E-state index is 12.3. The highest BCUT2D eigenvalue weighted by Crippen LogP contribution is 2.31. The third-order valence-corrected chi connectivity index (χ3v) is 7.24. The first-order valence-corrected chi connectivity index (χ1v) is 9.28. The first-order valence-electron chi connectivity index (χ1n) is 6.17. The van der Waals surface area contributed by atoms with Crippen molar-refractivity contribution in [1.29, 1.82) is 0 Å². The smallest absolute Gasteiger partial charge is 0.306 e. The third kappa shape index (κ3) is 2.52. The van der Waals surface area contributed by atoms with Crippen molar-refractivity contribution in [1.82, 2.24) is 9.97 Å². The molecule has 1 aliphatic carbocycles. The van der Waals surface area contributed by atoms with E-state index in [1.807, 2.05) is 0 Å². The Bertz CT molecular complexity index is 777. The van der Waals surface area contributed by atoms with Crippen molar-refractivity contribution in [3.63, 3.8) is 0 Å². The number of anilines is 1. The minimum absolute atomic E-state index is 0.0238. The number of sulfonamides is 1. The Kier molecular flexibility index (Phi) is 3.43. The zero-order valence-electron chi connectivity index (χ0n) is 10.7. The summed E-state index contributed by atoms with van der Waals surface area (Å²) in [5.74, 6) is 0. The summed E-state index contributed by atoms with van der Waals surface area (Å²) in [6.45, 7) is 1.57. The molecule has 0 bridgehead atoms. The van der Waals surface area contributed by atoms with Crippen LogP contribution in [-0.4, -0.2) is 18.4 Å². The molecule has 20 heavy (non-hydrogen) atoms. The van der Waals surface area contributed by atoms with E-state index in [9.17, 15) is 13.2 Å². The molecule has 0 amide bonds. The lowest BCUT2D eigenvalue weighted by Gasteiger charge is -2.06. The standard InChI is InChI=1S/C11H13N3O3S3/c1-6-9(19-11(15)12-6)20(16,17)14-10-13-7-4-2-3-5-8(7)18-10/h2-5H2,1H3,(H,12,15)(H,13,14). The van der Waals surface area contributed by atoms with Crippen molar-refractivity contribution < 1.29 is 8.42 Å². The Labute approximate surface area is 123 Å². The van der Waals surface area contributed by atoms with E-state index in [0.717, 1.165) is 36.3 Å². The van der Waals surface area contributed by atoms with Crippen molar-refractivity contribution in [2.24, 2.45) is 0 Å². The Morgan fingerprint density at radius 2 is 2.00 bits per heavy atom. The number of hydrogen-bond acceptors (Lipinski definition) is 6. The van der Waals surface area contributed by atoms with Crippen LogP contribution in [0.4, 0.5) is 5.13 Å². The molecule has 2 aromatic heterocycles. The molecular formula is C11H13N3O3S3. The van der Waals surface area contributed by atoms with Crippen LogP contribution in [0.5, 0.6) is 0 Å². The zero-order valence-corrected chi connectivity index (χ0v) is 13.2. The Morgan fingerprint density at radius 3 is 2.65 bits per heavy atom. The zero-order chi connectivity index (χ0) is 14.3. The molecule has 0 aromatic carbocycles. The average molecular weight is 331 g/mol. The van der Waals surface area contributed by atoms with Gasteiger partial charge in [-0.1, -0.05) is 11.3 Å². The summed E-state index contributed by atoms with van der Waals surface area (Å²) < 4.78 is 27.0. The molecule has 0 atom stereocenters. The van der Waals surface area contributed by atoms with E-state index >= 15 is 0 Å². The second-order valence-corrected chi connectivity index (χ2v) is 8.57. The lowest BCUT2D eigenvalue weighted by atomic mass is 10.0. The molecule has 0 fully saturated rings. The molecule has 2 aromatic rings. The maximum Gasteiger partial charge on any atom is 0.306 e. The number of H-pyrrole nitrogens is 1. The van der Waals surface area contributed by atoms with Gasteiger partial charge in [0, 0.05) is 10.6 Å². The van der Waals surface area contributed by atoms with Crippen LogP contribution in [0.25, 0.3) is 0 Å². The molecule has 0 saturated heterocycles. The fraction of sp³-hybridized carbons (Fsp3) is 0.455. The van der Waals surface area contributed by atoms with Gasteiger partial charge in [-0.05, 0) is 32.6 Å². The van der Waals surface area contributed by atoms with Crippen molar-refractivity contribution in [2.45, 2.75) is 36.8 Å². The highest BCUT2D eigenvalue weighted by Gasteiger charge is 2.23. The molecule has 108 valence electrons. The second kappa shape index (κ2) is 4.97. The summed E-state index contributed by atoms with van der Waals surface area (Å²) in [6, 6.07) is 0. The minimum Gasteiger partial charge on any atom is -0.315 e. The van der Waals surface area contributed by atoms with Crippen LogP contribution in [0.3, 0.4) is 0 Å². The van der Waals surface area contributed by atoms with Gasteiger partial charge in [0.1, 0.15) is 0 Å². The van der Waals surface area contributed by atoms with Crippen LogP contribution in [0, 0.1) is 6.92 Å². The summed E-state index contributed by atoms with van der Waals surface area (Å²) in [7, 11) is -3.74. The highest BCUT2D eigenvalue weighted by atomic mass is 32.2. The Balaban J connectivity index is 1.92. The van der Waals surface area contributed by atoms with Gasteiger partial charge < -0.3 is 4.98 Å². The second-order valence-electron chi connectivity index (χ2n) is 4.63. The van der Waals surface area contributed by atoms with E-state index in [0.29, 0.717) is 22.2 Å². The van der Waals surface area contributed by atoms with Gasteiger partial charge in [-0.25, -0.2) is 13.4 Å². The quantitative estimate of drug-likeness (QED) is 0.898. The van der Waals surface area contributed by atoms with E-state index in [1.54, 1.807) is 6.92 Å². The molecule has 0 aliphatic heterocycles. The number of aromatic amines is 1. The predicted molar refractivity (Wildman–Crippen MR) is 79.2 cm³/mol. The number of nitrogens with zero attached hydrogens (tertiary/aromatic N) is 1. The number of rotatable bonds is 3. The molecule has 2 heterocycles. The van der Waals surface area contributed by atoms with Crippen LogP contribution >= 0.6 is 22.7 Å². The van der Waals surface area contributed by atoms with Crippen LogP contribution in [0.1, 0.15) is 29.1 Å². The van der Waals surface area contributed by atoms with Gasteiger partial charge >= 0.3 is 4.87 Å². The van der Waals surface area contributed by atoms with Crippen LogP contribution < -0.4 is 9.60 Å². The first-order chi connectivity index (χ1) is 9.45. The maximum atomic E-state index is 12.3. The number of nitrogens with one attached hydrogen (secondary N) is 2. The van der Waals surface area contributed by atoms with Crippen molar-refractivity contribution >= 4 is 37.8 Å². The molecule has 0 spiro atoms. The summed E-state index contributed by atoms with van der Waals surface area (Å²) >= 11 is 2.08. The number of aryl methyl sites for hydroxylation is 3. The summed E-state index contributed by atoms with van der Waals surface area (Å²) in [6.07, 6.45) is 4.09. The van der Waals surface area contributed by atoms with Gasteiger partial charge in [0.2, 0.25) is 0 Å². The fourth-order valence-electron chi connectivity index (χ4n) is 2.20. The van der Waals surface area contributed by atoms with Gasteiger partial charge in [0.25, 0.3) is 10.0 Å². The average Bonchev–Trinajstić information content (AvgIpc) is 2.91. The third-order valence-electron chi connectivity index (χ3n) is 3.09. The van der Waals surface area contributed by atoms with Crippen LogP contribution in [0.2, 0.25) is 0 Å². The number of thiazole rings is 2. The van der Waals surface area contributed by atoms with E-state index in [1.165, 1.54) is 11.3 Å². The van der Waals surface area contributed by atoms with E-state index in [2.05, 4.69) is 14.7 Å². The normalized spacial score (nSPS) is 15.1. The lowest BCUT2D eigenvalue weighted by Crippen LogP contribution is -2.12. The summed E-state index contributed by atoms with van der Waals surface area (Å²) in [4.78, 5) is 18.8. The van der Waals surface area contributed by atoms with E-state index < -0.39 is 10.0 Å². The summed E-state index contributed by atoms with van der Waals surface area (Å²) in [5, 5.41) is 0.386. The lowest BCUT2D eigenvalue weighted by molar-refractivity contribution is 0.602. The number of hydrogen-bond donors (Lipinski definition) is 2. The molecule has 2 N–H and O–H groups in total. The van der Waals surface area contributed by atoms with Crippen molar-refractivity contribution in [2.75, 3.05) is 4.72 Å². The Hall–Kier alpha value is -1.19. The summed E-state index contributed by atoms with van der Waals surface area (Å²) in [5.41, 5.74) is 1.35. The predicted octanol–water partition coefficient (Wildman–Crippen LogP) is 1.88. The van der Waals surface area contributed by atoms with Gasteiger partial charge in [-0.15, -0.1) is 11.3 Å². The fourth-order valence-corrected chi connectivity index (χ4v) is 5.79. The van der Waals surface area contributed by atoms with Gasteiger partial charge in [-0.3, -0.25) is 9.52 Å². The Morgan fingerprint density at radius 1 is 1.25 bits per heavy atom. The van der Waals surface area contributed by atoms with Crippen LogP contribution in [-0.2, 0) is 22.9 Å². The number of aromatic nitrogens is 2. The molecule has 0 unspecified atom stereocenters. The van der Waals surface area contributed by atoms with Crippen LogP contribution in [0.15, 0.2) is 9.00 Å². The van der Waals surface area contributed by atoms with Crippen molar-refractivity contribution in [3.8, 4) is 0 Å². The monoisotopic (exact) mass is 331 g/mol. The SMILES string of the molecule is Cc1[nH]c(=O)sc1S(=O)(=O)Nc1nc2c(s1)CCCC2. The topological polar surface area (TPSA) is 91.9 Å². The minimum atomic E-state index is -3.74. The highest BCUT2D eigenvalue weighted by molar-refractivity contribution is 7.94. The van der Waals surface area contributed by atoms with Crippen molar-refractivity contribution in [3.05, 3.63) is 25.9 Å². The largest absolute Gasteiger partial charge is 0.315 e. The molecule has 3 rings (SSSR count). The molecule has 1 aliphatic rings. The first kappa shape index (κ1) is 13.8. The van der Waals surface area contributed by atoms with Gasteiger partial charge in [0.15, 0.2) is 9.34 Å². The number of fused-ring (bicyclic) bond motifs is 1. The molecule has 0 saturated carbocycles.